The Hall–Kier alpha value is -2.33. The smallest absolute Gasteiger partial charge is 0.338 e. The summed E-state index contributed by atoms with van der Waals surface area (Å²) in [7, 11) is 1.53. The van der Waals surface area contributed by atoms with Gasteiger partial charge in [-0.3, -0.25) is 0 Å². The molecule has 0 saturated carbocycles. The molecule has 2 aromatic carbocycles. The van der Waals surface area contributed by atoms with Crippen molar-refractivity contribution >= 4 is 5.97 Å². The molecule has 0 heterocycles. The van der Waals surface area contributed by atoms with Crippen LogP contribution in [0.5, 0.6) is 5.75 Å². The van der Waals surface area contributed by atoms with Gasteiger partial charge in [-0.15, -0.1) is 0 Å². The summed E-state index contributed by atoms with van der Waals surface area (Å²) in [4.78, 5) is 11.9. The molecule has 0 radical (unpaired) electrons. The van der Waals surface area contributed by atoms with Crippen LogP contribution in [0.25, 0.3) is 0 Å². The van der Waals surface area contributed by atoms with Crippen LogP contribution in [0, 0.1) is 0 Å². The van der Waals surface area contributed by atoms with Gasteiger partial charge in [0.25, 0.3) is 0 Å². The molecule has 0 saturated heterocycles. The number of esters is 1. The number of aliphatic hydroxyl groups is 1. The summed E-state index contributed by atoms with van der Waals surface area (Å²) in [6, 6.07) is 15.8. The molecule has 1 atom stereocenters. The summed E-state index contributed by atoms with van der Waals surface area (Å²) < 4.78 is 10.1. The van der Waals surface area contributed by atoms with Crippen molar-refractivity contribution in [2.45, 2.75) is 6.10 Å². The average Bonchev–Trinajstić information content (AvgIpc) is 2.53. The van der Waals surface area contributed by atoms with E-state index in [2.05, 4.69) is 0 Å². The van der Waals surface area contributed by atoms with Gasteiger partial charge in [0.15, 0.2) is 0 Å². The van der Waals surface area contributed by atoms with Crippen LogP contribution in [0.2, 0.25) is 0 Å². The molecule has 0 unspecified atom stereocenters. The first-order valence-corrected chi connectivity index (χ1v) is 6.25. The normalized spacial score (nSPS) is 11.7. The van der Waals surface area contributed by atoms with Crippen LogP contribution >= 0.6 is 0 Å². The van der Waals surface area contributed by atoms with Gasteiger partial charge >= 0.3 is 5.97 Å². The fourth-order valence-corrected chi connectivity index (χ4v) is 1.76. The van der Waals surface area contributed by atoms with E-state index >= 15 is 0 Å². The number of aliphatic hydroxyl groups excluding tert-OH is 1. The maximum Gasteiger partial charge on any atom is 0.338 e. The quantitative estimate of drug-likeness (QED) is 0.850. The van der Waals surface area contributed by atoms with Gasteiger partial charge in [-0.2, -0.15) is 0 Å². The molecular weight excluding hydrogens is 256 g/mol. The highest BCUT2D eigenvalue weighted by Gasteiger charge is 2.12. The Bertz CT molecular complexity index is 566. The van der Waals surface area contributed by atoms with Gasteiger partial charge in [-0.1, -0.05) is 36.4 Å². The molecule has 2 rings (SSSR count). The number of carbonyl (C=O) groups excluding carboxylic acids is 1. The maximum absolute atomic E-state index is 11.9. The fraction of sp³-hybridized carbons (Fsp3) is 0.188. The van der Waals surface area contributed by atoms with Crippen molar-refractivity contribution in [1.29, 1.82) is 0 Å². The van der Waals surface area contributed by atoms with Crippen molar-refractivity contribution in [2.24, 2.45) is 0 Å². The average molecular weight is 272 g/mol. The molecule has 0 aliphatic carbocycles. The van der Waals surface area contributed by atoms with Crippen LogP contribution in [-0.4, -0.2) is 24.8 Å². The molecule has 104 valence electrons. The zero-order valence-corrected chi connectivity index (χ0v) is 11.2. The molecule has 20 heavy (non-hydrogen) atoms. The van der Waals surface area contributed by atoms with E-state index in [9.17, 15) is 9.90 Å². The van der Waals surface area contributed by atoms with Crippen LogP contribution in [0.3, 0.4) is 0 Å². The number of rotatable bonds is 5. The molecule has 0 aromatic heterocycles. The number of benzene rings is 2. The lowest BCUT2D eigenvalue weighted by molar-refractivity contribution is 0.0253. The van der Waals surface area contributed by atoms with Gasteiger partial charge in [-0.25, -0.2) is 4.79 Å². The first-order chi connectivity index (χ1) is 9.70. The van der Waals surface area contributed by atoms with E-state index in [1.54, 1.807) is 36.4 Å². The topological polar surface area (TPSA) is 55.8 Å². The predicted molar refractivity (Wildman–Crippen MR) is 74.7 cm³/mol. The summed E-state index contributed by atoms with van der Waals surface area (Å²) in [6.45, 7) is -0.0833. The summed E-state index contributed by atoms with van der Waals surface area (Å²) in [5.74, 6) is 0.0990. The van der Waals surface area contributed by atoms with Gasteiger partial charge in [0, 0.05) is 0 Å². The van der Waals surface area contributed by atoms with E-state index in [0.717, 1.165) is 0 Å². The lowest BCUT2D eigenvalue weighted by atomic mass is 10.1. The molecule has 0 bridgehead atoms. The number of methoxy groups -OCH3 is 1. The van der Waals surface area contributed by atoms with Crippen molar-refractivity contribution in [3.05, 3.63) is 65.7 Å². The fourth-order valence-electron chi connectivity index (χ4n) is 1.76. The minimum atomic E-state index is -0.828. The van der Waals surface area contributed by atoms with E-state index in [1.165, 1.54) is 7.11 Å². The summed E-state index contributed by atoms with van der Waals surface area (Å²) in [6.07, 6.45) is -0.828. The highest BCUT2D eigenvalue weighted by molar-refractivity contribution is 5.89. The van der Waals surface area contributed by atoms with Gasteiger partial charge in [0.1, 0.15) is 18.5 Å². The Kier molecular flexibility index (Phi) is 4.74. The van der Waals surface area contributed by atoms with E-state index in [0.29, 0.717) is 16.9 Å². The molecule has 0 spiro atoms. The van der Waals surface area contributed by atoms with Gasteiger partial charge in [0.05, 0.1) is 12.7 Å². The van der Waals surface area contributed by atoms with Crippen molar-refractivity contribution in [1.82, 2.24) is 0 Å². The van der Waals surface area contributed by atoms with Crippen molar-refractivity contribution in [2.75, 3.05) is 13.7 Å². The molecule has 4 nitrogen and oxygen atoms in total. The van der Waals surface area contributed by atoms with Crippen LogP contribution in [0.15, 0.2) is 54.6 Å². The van der Waals surface area contributed by atoms with Crippen molar-refractivity contribution in [3.63, 3.8) is 0 Å². The van der Waals surface area contributed by atoms with E-state index in [-0.39, 0.29) is 6.61 Å². The number of hydrogen-bond acceptors (Lipinski definition) is 4. The first kappa shape index (κ1) is 14.1. The summed E-state index contributed by atoms with van der Waals surface area (Å²) in [5, 5.41) is 9.92. The van der Waals surface area contributed by atoms with Gasteiger partial charge < -0.3 is 14.6 Å². The van der Waals surface area contributed by atoms with Gasteiger partial charge in [-0.05, 0) is 23.8 Å². The minimum Gasteiger partial charge on any atom is -0.497 e. The van der Waals surface area contributed by atoms with Gasteiger partial charge in [0.2, 0.25) is 0 Å². The molecule has 4 heteroatoms. The van der Waals surface area contributed by atoms with E-state index in [4.69, 9.17) is 9.47 Å². The number of ether oxygens (including phenoxy) is 2. The van der Waals surface area contributed by atoms with Crippen LogP contribution in [0.1, 0.15) is 22.0 Å². The zero-order chi connectivity index (χ0) is 14.4. The Labute approximate surface area is 117 Å². The van der Waals surface area contributed by atoms with Crippen molar-refractivity contribution in [3.8, 4) is 5.75 Å². The molecule has 1 N–H and O–H groups in total. The Balaban J connectivity index is 1.95. The minimum absolute atomic E-state index is 0.0833. The lowest BCUT2D eigenvalue weighted by Gasteiger charge is -2.11. The molecule has 0 amide bonds. The second kappa shape index (κ2) is 6.73. The van der Waals surface area contributed by atoms with Crippen LogP contribution < -0.4 is 4.74 Å². The molecule has 2 aromatic rings. The summed E-state index contributed by atoms with van der Waals surface area (Å²) >= 11 is 0. The third-order valence-corrected chi connectivity index (χ3v) is 2.86. The van der Waals surface area contributed by atoms with Crippen LogP contribution in [0.4, 0.5) is 0 Å². The highest BCUT2D eigenvalue weighted by atomic mass is 16.5. The number of carbonyl (C=O) groups is 1. The van der Waals surface area contributed by atoms with Crippen LogP contribution in [-0.2, 0) is 4.74 Å². The summed E-state index contributed by atoms with van der Waals surface area (Å²) in [5.41, 5.74) is 1.11. The lowest BCUT2D eigenvalue weighted by Crippen LogP contribution is -2.12. The zero-order valence-electron chi connectivity index (χ0n) is 11.2. The molecule has 0 aliphatic heterocycles. The Morgan fingerprint density at radius 3 is 2.60 bits per heavy atom. The monoisotopic (exact) mass is 272 g/mol. The predicted octanol–water partition coefficient (Wildman–Crippen LogP) is 2.59. The third-order valence-electron chi connectivity index (χ3n) is 2.86. The number of hydrogen-bond donors (Lipinski definition) is 1. The van der Waals surface area contributed by atoms with Crippen molar-refractivity contribution < 1.29 is 19.4 Å². The third kappa shape index (κ3) is 3.59. The maximum atomic E-state index is 11.9. The largest absolute Gasteiger partial charge is 0.497 e. The second-order valence-corrected chi connectivity index (χ2v) is 4.26. The SMILES string of the molecule is COc1cccc(C(=O)OC[C@H](O)c2ccccc2)c1. The molecular formula is C16H16O4. The van der Waals surface area contributed by atoms with E-state index < -0.39 is 12.1 Å². The first-order valence-electron chi connectivity index (χ1n) is 6.25. The Morgan fingerprint density at radius 2 is 1.90 bits per heavy atom. The standard InChI is InChI=1S/C16H16O4/c1-19-14-9-5-8-13(10-14)16(18)20-11-15(17)12-6-3-2-4-7-12/h2-10,15,17H,11H2,1H3/t15-/m0/s1. The highest BCUT2D eigenvalue weighted by Crippen LogP contribution is 2.16. The second-order valence-electron chi connectivity index (χ2n) is 4.26. The van der Waals surface area contributed by atoms with E-state index in [1.807, 2.05) is 18.2 Å². The Morgan fingerprint density at radius 1 is 1.15 bits per heavy atom. The molecule has 0 aliphatic rings. The molecule has 0 fully saturated rings.